The van der Waals surface area contributed by atoms with Crippen LogP contribution in [0.3, 0.4) is 0 Å². The molecule has 2 unspecified atom stereocenters. The summed E-state index contributed by atoms with van der Waals surface area (Å²) in [6, 6.07) is 3.82. The lowest BCUT2D eigenvalue weighted by Gasteiger charge is -2.28. The number of rotatable bonds is 3. The lowest BCUT2D eigenvalue weighted by Crippen LogP contribution is -2.35. The van der Waals surface area contributed by atoms with E-state index in [1.165, 1.54) is 0 Å². The molecule has 0 aliphatic carbocycles. The predicted octanol–water partition coefficient (Wildman–Crippen LogP) is 2.55. The quantitative estimate of drug-likeness (QED) is 0.760. The maximum Gasteiger partial charge on any atom is 0.165 e. The molecule has 0 N–H and O–H groups in total. The van der Waals surface area contributed by atoms with Gasteiger partial charge in [0.2, 0.25) is 0 Å². The van der Waals surface area contributed by atoms with Gasteiger partial charge in [0.25, 0.3) is 0 Å². The molecule has 0 amide bonds. The molecular formula is C12H14ClNO2. The zero-order chi connectivity index (χ0) is 11.6. The maximum atomic E-state index is 6.15. The Morgan fingerprint density at radius 3 is 3.12 bits per heavy atom. The van der Waals surface area contributed by atoms with E-state index in [2.05, 4.69) is 11.6 Å². The molecule has 1 fully saturated rings. The average molecular weight is 240 g/mol. The van der Waals surface area contributed by atoms with Gasteiger partial charge in [-0.3, -0.25) is 4.98 Å². The van der Waals surface area contributed by atoms with Crippen LogP contribution in [-0.2, 0) is 15.1 Å². The highest BCUT2D eigenvalue weighted by Crippen LogP contribution is 2.40. The minimum Gasteiger partial charge on any atom is -0.368 e. The number of nitrogens with zero attached hydrogens (tertiary/aromatic N) is 1. The average Bonchev–Trinajstić information content (AvgIpc) is 2.71. The standard InChI is InChI=1S/C12H14ClNO2/c1-3-9-4-6-14-10(8-9)12(15-2)5-7-16-11(12)13/h3-4,6,8,11H,1,5,7H2,2H3. The van der Waals surface area contributed by atoms with Crippen molar-refractivity contribution in [1.29, 1.82) is 0 Å². The molecular weight excluding hydrogens is 226 g/mol. The largest absolute Gasteiger partial charge is 0.368 e. The summed E-state index contributed by atoms with van der Waals surface area (Å²) in [4.78, 5) is 4.33. The number of alkyl halides is 1. The fourth-order valence-corrected chi connectivity index (χ4v) is 2.31. The zero-order valence-corrected chi connectivity index (χ0v) is 9.91. The molecule has 1 aromatic rings. The van der Waals surface area contributed by atoms with Gasteiger partial charge in [0.1, 0.15) is 0 Å². The summed E-state index contributed by atoms with van der Waals surface area (Å²) < 4.78 is 10.9. The number of pyridine rings is 1. The molecule has 0 bridgehead atoms. The van der Waals surface area contributed by atoms with Crippen molar-refractivity contribution in [3.8, 4) is 0 Å². The lowest BCUT2D eigenvalue weighted by atomic mass is 9.96. The van der Waals surface area contributed by atoms with E-state index in [1.54, 1.807) is 19.4 Å². The van der Waals surface area contributed by atoms with Crippen molar-refractivity contribution in [3.05, 3.63) is 36.2 Å². The Hall–Kier alpha value is -0.900. The monoisotopic (exact) mass is 239 g/mol. The van der Waals surface area contributed by atoms with Gasteiger partial charge in [-0.1, -0.05) is 24.3 Å². The number of methoxy groups -OCH3 is 1. The molecule has 0 saturated carbocycles. The van der Waals surface area contributed by atoms with E-state index in [1.807, 2.05) is 12.1 Å². The maximum absolute atomic E-state index is 6.15. The summed E-state index contributed by atoms with van der Waals surface area (Å²) in [5, 5.41) is 0. The molecule has 2 rings (SSSR count). The minimum absolute atomic E-state index is 0.495. The van der Waals surface area contributed by atoms with Crippen molar-refractivity contribution in [1.82, 2.24) is 4.98 Å². The highest BCUT2D eigenvalue weighted by molar-refractivity contribution is 6.20. The van der Waals surface area contributed by atoms with Gasteiger partial charge in [-0.15, -0.1) is 0 Å². The van der Waals surface area contributed by atoms with E-state index in [-0.39, 0.29) is 0 Å². The molecule has 3 nitrogen and oxygen atoms in total. The van der Waals surface area contributed by atoms with Gasteiger partial charge in [-0.25, -0.2) is 0 Å². The summed E-state index contributed by atoms with van der Waals surface area (Å²) >= 11 is 6.15. The van der Waals surface area contributed by atoms with Crippen molar-refractivity contribution >= 4 is 17.7 Å². The van der Waals surface area contributed by atoms with Gasteiger partial charge in [0.05, 0.1) is 12.3 Å². The first-order valence-electron chi connectivity index (χ1n) is 5.13. The van der Waals surface area contributed by atoms with Crippen molar-refractivity contribution < 1.29 is 9.47 Å². The smallest absolute Gasteiger partial charge is 0.165 e. The van der Waals surface area contributed by atoms with Gasteiger partial charge >= 0.3 is 0 Å². The highest BCUT2D eigenvalue weighted by atomic mass is 35.5. The molecule has 2 heterocycles. The summed E-state index contributed by atoms with van der Waals surface area (Å²) in [5.41, 5.74) is 0.660. The van der Waals surface area contributed by atoms with Crippen LogP contribution in [0.1, 0.15) is 17.7 Å². The Morgan fingerprint density at radius 2 is 2.56 bits per heavy atom. The third-order valence-corrected chi connectivity index (χ3v) is 3.40. The second-order valence-corrected chi connectivity index (χ2v) is 4.11. The van der Waals surface area contributed by atoms with Crippen LogP contribution in [0.5, 0.6) is 0 Å². The predicted molar refractivity (Wildman–Crippen MR) is 63.2 cm³/mol. The van der Waals surface area contributed by atoms with Crippen molar-refractivity contribution in [2.24, 2.45) is 0 Å². The molecule has 2 atom stereocenters. The van der Waals surface area contributed by atoms with Gasteiger partial charge in [-0.05, 0) is 17.7 Å². The van der Waals surface area contributed by atoms with Crippen LogP contribution < -0.4 is 0 Å². The number of halogens is 1. The normalized spacial score (nSPS) is 29.2. The van der Waals surface area contributed by atoms with E-state index in [9.17, 15) is 0 Å². The van der Waals surface area contributed by atoms with Crippen molar-refractivity contribution in [2.75, 3.05) is 13.7 Å². The molecule has 0 radical (unpaired) electrons. The van der Waals surface area contributed by atoms with E-state index in [4.69, 9.17) is 21.1 Å². The highest BCUT2D eigenvalue weighted by Gasteiger charge is 2.46. The molecule has 1 aromatic heterocycles. The van der Waals surface area contributed by atoms with Crippen molar-refractivity contribution in [3.63, 3.8) is 0 Å². The van der Waals surface area contributed by atoms with E-state index in [0.29, 0.717) is 13.0 Å². The van der Waals surface area contributed by atoms with Gasteiger partial charge in [0, 0.05) is 19.7 Å². The third-order valence-electron chi connectivity index (χ3n) is 2.92. The number of aromatic nitrogens is 1. The Kier molecular flexibility index (Phi) is 3.28. The summed E-state index contributed by atoms with van der Waals surface area (Å²) in [5.74, 6) is 0. The van der Waals surface area contributed by atoms with Crippen molar-refractivity contribution in [2.45, 2.75) is 17.6 Å². The molecule has 0 spiro atoms. The number of hydrogen-bond acceptors (Lipinski definition) is 3. The van der Waals surface area contributed by atoms with Crippen LogP contribution in [0.25, 0.3) is 6.08 Å². The van der Waals surface area contributed by atoms with Gasteiger partial charge in [-0.2, -0.15) is 0 Å². The fraction of sp³-hybridized carbons (Fsp3) is 0.417. The van der Waals surface area contributed by atoms with Gasteiger partial charge < -0.3 is 9.47 Å². The summed E-state index contributed by atoms with van der Waals surface area (Å²) in [7, 11) is 1.63. The van der Waals surface area contributed by atoms with Crippen LogP contribution in [0.15, 0.2) is 24.9 Å². The second kappa shape index (κ2) is 4.53. The minimum atomic E-state index is -0.638. The zero-order valence-electron chi connectivity index (χ0n) is 9.15. The van der Waals surface area contributed by atoms with Crippen LogP contribution in [0, 0.1) is 0 Å². The molecule has 16 heavy (non-hydrogen) atoms. The Morgan fingerprint density at radius 1 is 1.75 bits per heavy atom. The number of hydrogen-bond donors (Lipinski definition) is 0. The van der Waals surface area contributed by atoms with Crippen LogP contribution in [-0.4, -0.2) is 24.3 Å². The van der Waals surface area contributed by atoms with Crippen LogP contribution >= 0.6 is 11.6 Å². The molecule has 86 valence electrons. The van der Waals surface area contributed by atoms with Gasteiger partial charge in [0.15, 0.2) is 11.2 Å². The van der Waals surface area contributed by atoms with E-state index in [0.717, 1.165) is 11.3 Å². The Bertz CT molecular complexity index is 396. The van der Waals surface area contributed by atoms with E-state index < -0.39 is 11.2 Å². The fourth-order valence-electron chi connectivity index (χ4n) is 1.91. The first-order valence-corrected chi connectivity index (χ1v) is 5.56. The lowest BCUT2D eigenvalue weighted by molar-refractivity contribution is -0.0422. The number of ether oxygens (including phenoxy) is 2. The van der Waals surface area contributed by atoms with Crippen LogP contribution in [0.4, 0.5) is 0 Å². The Balaban J connectivity index is 2.43. The SMILES string of the molecule is C=Cc1ccnc(C2(OC)CCOC2Cl)c1. The summed E-state index contributed by atoms with van der Waals surface area (Å²) in [6.07, 6.45) is 4.22. The first-order chi connectivity index (χ1) is 7.73. The second-order valence-electron chi connectivity index (χ2n) is 3.71. The molecule has 1 aliphatic heterocycles. The Labute approximate surface area is 100 Å². The third kappa shape index (κ3) is 1.75. The topological polar surface area (TPSA) is 31.4 Å². The molecule has 1 saturated heterocycles. The molecule has 4 heteroatoms. The molecule has 1 aliphatic rings. The molecule has 0 aromatic carbocycles. The van der Waals surface area contributed by atoms with Crippen LogP contribution in [0.2, 0.25) is 0 Å². The van der Waals surface area contributed by atoms with E-state index >= 15 is 0 Å². The first kappa shape index (κ1) is 11.6. The summed E-state index contributed by atoms with van der Waals surface area (Å²) in [6.45, 7) is 4.32.